The first kappa shape index (κ1) is 12.2. The van der Waals surface area contributed by atoms with E-state index >= 15 is 0 Å². The molecule has 2 aromatic rings. The van der Waals surface area contributed by atoms with Crippen LogP contribution in [0.3, 0.4) is 0 Å². The van der Waals surface area contributed by atoms with E-state index in [-0.39, 0.29) is 6.61 Å². The maximum atomic E-state index is 9.23. The first-order valence-electron chi connectivity index (χ1n) is 6.49. The summed E-state index contributed by atoms with van der Waals surface area (Å²) in [5, 5.41) is 13.8. The Labute approximate surface area is 111 Å². The average Bonchev–Trinajstić information content (AvgIpc) is 2.90. The van der Waals surface area contributed by atoms with Gasteiger partial charge in [-0.3, -0.25) is 0 Å². The van der Waals surface area contributed by atoms with E-state index in [4.69, 9.17) is 4.74 Å². The highest BCUT2D eigenvalue weighted by Gasteiger charge is 2.21. The highest BCUT2D eigenvalue weighted by atomic mass is 16.5. The van der Waals surface area contributed by atoms with Crippen molar-refractivity contribution in [2.24, 2.45) is 5.92 Å². The number of fused-ring (bicyclic) bond motifs is 1. The molecule has 0 bridgehead atoms. The van der Waals surface area contributed by atoms with Crippen molar-refractivity contribution in [2.45, 2.75) is 19.4 Å². The number of methoxy groups -OCH3 is 1. The minimum absolute atomic E-state index is 0.227. The van der Waals surface area contributed by atoms with Gasteiger partial charge in [-0.15, -0.1) is 0 Å². The minimum atomic E-state index is 0.227. The van der Waals surface area contributed by atoms with Crippen LogP contribution in [0.5, 0.6) is 5.75 Å². The van der Waals surface area contributed by atoms with Gasteiger partial charge in [0.2, 0.25) is 0 Å². The van der Waals surface area contributed by atoms with E-state index in [9.17, 15) is 5.11 Å². The monoisotopic (exact) mass is 259 g/mol. The van der Waals surface area contributed by atoms with Crippen molar-refractivity contribution in [3.8, 4) is 17.1 Å². The van der Waals surface area contributed by atoms with Crippen LogP contribution in [0.4, 0.5) is 0 Å². The largest absolute Gasteiger partial charge is 0.497 e. The van der Waals surface area contributed by atoms with Crippen LogP contribution >= 0.6 is 0 Å². The summed E-state index contributed by atoms with van der Waals surface area (Å²) in [7, 11) is 1.65. The zero-order valence-corrected chi connectivity index (χ0v) is 10.9. The number of nitrogens with zero attached hydrogens (tertiary/aromatic N) is 3. The third-order valence-electron chi connectivity index (χ3n) is 3.58. The zero-order valence-electron chi connectivity index (χ0n) is 10.9. The van der Waals surface area contributed by atoms with Gasteiger partial charge in [-0.1, -0.05) is 0 Å². The lowest BCUT2D eigenvalue weighted by atomic mass is 9.99. The van der Waals surface area contributed by atoms with E-state index in [0.29, 0.717) is 5.92 Å². The molecule has 0 amide bonds. The Morgan fingerprint density at radius 2 is 2.16 bits per heavy atom. The molecule has 0 aliphatic carbocycles. The predicted molar refractivity (Wildman–Crippen MR) is 70.9 cm³/mol. The first-order valence-corrected chi connectivity index (χ1v) is 6.49. The van der Waals surface area contributed by atoms with Gasteiger partial charge in [0.05, 0.1) is 7.11 Å². The van der Waals surface area contributed by atoms with E-state index in [1.165, 1.54) is 0 Å². The first-order chi connectivity index (χ1) is 9.30. The number of rotatable bonds is 3. The number of aromatic nitrogens is 3. The molecule has 5 nitrogen and oxygen atoms in total. The SMILES string of the molecule is COc1ccc(-c2nc3n(n2)CCC(CO)C3)cc1. The summed E-state index contributed by atoms with van der Waals surface area (Å²) in [6.45, 7) is 1.06. The molecule has 19 heavy (non-hydrogen) atoms. The molecule has 1 unspecified atom stereocenters. The quantitative estimate of drug-likeness (QED) is 0.907. The minimum Gasteiger partial charge on any atom is -0.497 e. The molecule has 1 aromatic heterocycles. The van der Waals surface area contributed by atoms with Crippen LogP contribution in [-0.4, -0.2) is 33.6 Å². The second-order valence-electron chi connectivity index (χ2n) is 4.84. The Hall–Kier alpha value is -1.88. The number of aliphatic hydroxyl groups is 1. The highest BCUT2D eigenvalue weighted by Crippen LogP contribution is 2.23. The second-order valence-corrected chi connectivity index (χ2v) is 4.84. The van der Waals surface area contributed by atoms with Gasteiger partial charge in [-0.2, -0.15) is 5.10 Å². The molecule has 100 valence electrons. The number of ether oxygens (including phenoxy) is 1. The number of aliphatic hydroxyl groups excluding tert-OH is 1. The smallest absolute Gasteiger partial charge is 0.181 e. The molecule has 0 spiro atoms. The summed E-state index contributed by atoms with van der Waals surface area (Å²) in [5.74, 6) is 2.86. The molecule has 0 fully saturated rings. The van der Waals surface area contributed by atoms with Gasteiger partial charge < -0.3 is 9.84 Å². The Morgan fingerprint density at radius 3 is 2.84 bits per heavy atom. The fourth-order valence-corrected chi connectivity index (χ4v) is 2.39. The van der Waals surface area contributed by atoms with Gasteiger partial charge in [0.1, 0.15) is 11.6 Å². The Bertz CT molecular complexity index is 563. The van der Waals surface area contributed by atoms with Crippen molar-refractivity contribution in [2.75, 3.05) is 13.7 Å². The number of hydrogen-bond acceptors (Lipinski definition) is 4. The molecule has 1 atom stereocenters. The fourth-order valence-electron chi connectivity index (χ4n) is 2.39. The standard InChI is InChI=1S/C14H17N3O2/c1-19-12-4-2-11(3-5-12)14-15-13-8-10(9-18)6-7-17(13)16-14/h2-5,10,18H,6-9H2,1H3. The van der Waals surface area contributed by atoms with Gasteiger partial charge in [-0.25, -0.2) is 9.67 Å². The third kappa shape index (κ3) is 2.33. The van der Waals surface area contributed by atoms with Crippen molar-refractivity contribution in [1.82, 2.24) is 14.8 Å². The lowest BCUT2D eigenvalue weighted by Crippen LogP contribution is -2.22. The van der Waals surface area contributed by atoms with Crippen LogP contribution in [0.2, 0.25) is 0 Å². The number of aryl methyl sites for hydroxylation is 1. The van der Waals surface area contributed by atoms with Crippen LogP contribution in [-0.2, 0) is 13.0 Å². The van der Waals surface area contributed by atoms with Gasteiger partial charge in [0, 0.05) is 25.1 Å². The second kappa shape index (κ2) is 5.01. The van der Waals surface area contributed by atoms with E-state index < -0.39 is 0 Å². The Balaban J connectivity index is 1.88. The maximum Gasteiger partial charge on any atom is 0.181 e. The van der Waals surface area contributed by atoms with Crippen LogP contribution in [0, 0.1) is 5.92 Å². The van der Waals surface area contributed by atoms with Gasteiger partial charge in [0.15, 0.2) is 5.82 Å². The predicted octanol–water partition coefficient (Wildman–Crippen LogP) is 1.51. The summed E-state index contributed by atoms with van der Waals surface area (Å²) < 4.78 is 7.09. The van der Waals surface area contributed by atoms with Crippen molar-refractivity contribution in [3.63, 3.8) is 0 Å². The van der Waals surface area contributed by atoms with Crippen molar-refractivity contribution >= 4 is 0 Å². The van der Waals surface area contributed by atoms with E-state index in [1.54, 1.807) is 7.11 Å². The molecule has 1 N–H and O–H groups in total. The van der Waals surface area contributed by atoms with Crippen LogP contribution in [0.15, 0.2) is 24.3 Å². The van der Waals surface area contributed by atoms with Crippen molar-refractivity contribution in [3.05, 3.63) is 30.1 Å². The van der Waals surface area contributed by atoms with Crippen molar-refractivity contribution < 1.29 is 9.84 Å². The summed E-state index contributed by atoms with van der Waals surface area (Å²) in [6, 6.07) is 7.74. The molecule has 1 aliphatic heterocycles. The molecule has 0 radical (unpaired) electrons. The van der Waals surface area contributed by atoms with E-state index in [1.807, 2.05) is 28.9 Å². The highest BCUT2D eigenvalue weighted by molar-refractivity contribution is 5.55. The molecular weight excluding hydrogens is 242 g/mol. The maximum absolute atomic E-state index is 9.23. The fraction of sp³-hybridized carbons (Fsp3) is 0.429. The summed E-state index contributed by atoms with van der Waals surface area (Å²) >= 11 is 0. The molecule has 3 rings (SSSR count). The lowest BCUT2D eigenvalue weighted by molar-refractivity contribution is 0.196. The van der Waals surface area contributed by atoms with Gasteiger partial charge in [-0.05, 0) is 36.6 Å². The Kier molecular flexibility index (Phi) is 3.21. The van der Waals surface area contributed by atoms with Gasteiger partial charge >= 0.3 is 0 Å². The van der Waals surface area contributed by atoms with E-state index in [0.717, 1.165) is 42.3 Å². The third-order valence-corrected chi connectivity index (χ3v) is 3.58. The topological polar surface area (TPSA) is 60.2 Å². The van der Waals surface area contributed by atoms with Crippen LogP contribution < -0.4 is 4.74 Å². The van der Waals surface area contributed by atoms with E-state index in [2.05, 4.69) is 10.1 Å². The molecule has 1 aliphatic rings. The molecule has 2 heterocycles. The molecule has 0 saturated heterocycles. The number of benzene rings is 1. The Morgan fingerprint density at radius 1 is 1.37 bits per heavy atom. The molecule has 5 heteroatoms. The molecule has 0 saturated carbocycles. The molecule has 1 aromatic carbocycles. The van der Waals surface area contributed by atoms with Gasteiger partial charge in [0.25, 0.3) is 0 Å². The summed E-state index contributed by atoms with van der Waals surface area (Å²) in [6.07, 6.45) is 1.77. The average molecular weight is 259 g/mol. The summed E-state index contributed by atoms with van der Waals surface area (Å²) in [5.41, 5.74) is 0.989. The zero-order chi connectivity index (χ0) is 13.2. The van der Waals surface area contributed by atoms with Crippen LogP contribution in [0.25, 0.3) is 11.4 Å². The number of hydrogen-bond donors (Lipinski definition) is 1. The molecular formula is C14H17N3O2. The summed E-state index contributed by atoms with van der Waals surface area (Å²) in [4.78, 5) is 4.57. The lowest BCUT2D eigenvalue weighted by Gasteiger charge is -2.19. The van der Waals surface area contributed by atoms with Crippen LogP contribution in [0.1, 0.15) is 12.2 Å². The normalized spacial score (nSPS) is 18.1. The van der Waals surface area contributed by atoms with Crippen molar-refractivity contribution in [1.29, 1.82) is 0 Å².